The standard InChI is InChI=1S/C22H30NO.HI/c1-3-23(2)17-11-10-16-21(23)18-24-22(19-12-6-4-7-13-19)20-14-8-5-9-15-20;/h4-9,12-15,21-22H,3,10-11,16-18H2,1-2H3;1H/q+1;/p-1. The molecule has 3 rings (SSSR count). The Labute approximate surface area is 169 Å². The van der Waals surface area contributed by atoms with Gasteiger partial charge in [-0.05, 0) is 30.9 Å². The number of ether oxygens (including phenoxy) is 1. The SMILES string of the molecule is CC[N+]1(C)CCCCC1COC(c1ccccc1)c1ccccc1.[I-]. The van der Waals surface area contributed by atoms with Crippen LogP contribution < -0.4 is 24.0 Å². The lowest BCUT2D eigenvalue weighted by atomic mass is 9.98. The Morgan fingerprint density at radius 3 is 2.04 bits per heavy atom. The average Bonchev–Trinajstić information content (AvgIpc) is 2.65. The first-order chi connectivity index (χ1) is 11.7. The quantitative estimate of drug-likeness (QED) is 0.481. The lowest BCUT2D eigenvalue weighted by Gasteiger charge is -2.44. The molecule has 25 heavy (non-hydrogen) atoms. The molecule has 0 saturated carbocycles. The second-order valence-electron chi connectivity index (χ2n) is 7.20. The number of likely N-dealkylation sites (N-methyl/N-ethyl adjacent to an activating group) is 1. The van der Waals surface area contributed by atoms with Crippen LogP contribution in [0.4, 0.5) is 0 Å². The first-order valence-electron chi connectivity index (χ1n) is 9.28. The molecule has 1 aliphatic rings. The van der Waals surface area contributed by atoms with E-state index >= 15 is 0 Å². The van der Waals surface area contributed by atoms with Gasteiger partial charge in [-0.15, -0.1) is 0 Å². The Morgan fingerprint density at radius 1 is 0.960 bits per heavy atom. The van der Waals surface area contributed by atoms with Crippen molar-refractivity contribution in [2.24, 2.45) is 0 Å². The summed E-state index contributed by atoms with van der Waals surface area (Å²) < 4.78 is 7.68. The molecular formula is C22H30INO. The summed E-state index contributed by atoms with van der Waals surface area (Å²) in [6.45, 7) is 5.62. The maximum atomic E-state index is 6.54. The van der Waals surface area contributed by atoms with E-state index in [1.807, 2.05) is 0 Å². The molecule has 0 amide bonds. The molecule has 136 valence electrons. The van der Waals surface area contributed by atoms with Gasteiger partial charge in [-0.1, -0.05) is 60.7 Å². The van der Waals surface area contributed by atoms with Gasteiger partial charge in [-0.2, -0.15) is 0 Å². The third-order valence-electron chi connectivity index (χ3n) is 5.72. The van der Waals surface area contributed by atoms with Crippen LogP contribution in [0.3, 0.4) is 0 Å². The second kappa shape index (κ2) is 9.70. The Morgan fingerprint density at radius 2 is 1.52 bits per heavy atom. The Balaban J connectivity index is 0.00000225. The summed E-state index contributed by atoms with van der Waals surface area (Å²) in [5, 5.41) is 0. The summed E-state index contributed by atoms with van der Waals surface area (Å²) >= 11 is 0. The highest BCUT2D eigenvalue weighted by Gasteiger charge is 2.34. The molecule has 0 spiro atoms. The minimum atomic E-state index is 0. The lowest BCUT2D eigenvalue weighted by Crippen LogP contribution is -3.00. The van der Waals surface area contributed by atoms with Crippen LogP contribution in [0.25, 0.3) is 0 Å². The molecule has 0 N–H and O–H groups in total. The number of hydrogen-bond donors (Lipinski definition) is 0. The van der Waals surface area contributed by atoms with Gasteiger partial charge in [0.05, 0.1) is 26.7 Å². The van der Waals surface area contributed by atoms with Crippen LogP contribution in [0, 0.1) is 0 Å². The van der Waals surface area contributed by atoms with Crippen molar-refractivity contribution in [3.8, 4) is 0 Å². The smallest absolute Gasteiger partial charge is 0.112 e. The van der Waals surface area contributed by atoms with Crippen LogP contribution in [0.15, 0.2) is 60.7 Å². The minimum absolute atomic E-state index is 0. The number of rotatable bonds is 6. The molecule has 1 fully saturated rings. The number of quaternary nitrogens is 1. The highest BCUT2D eigenvalue weighted by Crippen LogP contribution is 2.29. The number of likely N-dealkylation sites (tertiary alicyclic amines) is 1. The van der Waals surface area contributed by atoms with Crippen LogP contribution in [-0.4, -0.2) is 37.3 Å². The zero-order valence-electron chi connectivity index (χ0n) is 15.4. The molecule has 2 aromatic rings. The fourth-order valence-corrected chi connectivity index (χ4v) is 3.87. The lowest BCUT2D eigenvalue weighted by molar-refractivity contribution is -0.937. The number of hydrogen-bond acceptors (Lipinski definition) is 1. The maximum Gasteiger partial charge on any atom is 0.112 e. The summed E-state index contributed by atoms with van der Waals surface area (Å²) in [5.74, 6) is 0. The topological polar surface area (TPSA) is 9.23 Å². The largest absolute Gasteiger partial charge is 1.00 e. The van der Waals surface area contributed by atoms with E-state index in [-0.39, 0.29) is 30.1 Å². The normalized spacial score (nSPS) is 23.2. The van der Waals surface area contributed by atoms with Crippen LogP contribution >= 0.6 is 0 Å². The van der Waals surface area contributed by atoms with Gasteiger partial charge in [0.1, 0.15) is 12.1 Å². The summed E-state index contributed by atoms with van der Waals surface area (Å²) in [6.07, 6.45) is 3.99. The van der Waals surface area contributed by atoms with Crippen molar-refractivity contribution < 1.29 is 33.2 Å². The van der Waals surface area contributed by atoms with E-state index in [9.17, 15) is 0 Å². The van der Waals surface area contributed by atoms with Crippen molar-refractivity contribution in [2.45, 2.75) is 38.3 Å². The van der Waals surface area contributed by atoms with Gasteiger partial charge in [0.15, 0.2) is 0 Å². The molecule has 0 bridgehead atoms. The van der Waals surface area contributed by atoms with Crippen LogP contribution in [0.2, 0.25) is 0 Å². The van der Waals surface area contributed by atoms with Gasteiger partial charge in [0, 0.05) is 6.42 Å². The van der Waals surface area contributed by atoms with Crippen LogP contribution in [-0.2, 0) is 4.74 Å². The molecular weight excluding hydrogens is 421 g/mol. The maximum absolute atomic E-state index is 6.54. The molecule has 2 aromatic carbocycles. The Bertz CT molecular complexity index is 579. The minimum Gasteiger partial charge on any atom is -1.00 e. The zero-order chi connectivity index (χ0) is 16.8. The molecule has 2 atom stereocenters. The van der Waals surface area contributed by atoms with Gasteiger partial charge < -0.3 is 33.2 Å². The van der Waals surface area contributed by atoms with E-state index in [1.54, 1.807) is 0 Å². The van der Waals surface area contributed by atoms with Crippen molar-refractivity contribution in [2.75, 3.05) is 26.7 Å². The van der Waals surface area contributed by atoms with Gasteiger partial charge in [0.25, 0.3) is 0 Å². The van der Waals surface area contributed by atoms with Gasteiger partial charge in [0.2, 0.25) is 0 Å². The van der Waals surface area contributed by atoms with Crippen molar-refractivity contribution in [1.82, 2.24) is 0 Å². The molecule has 3 heteroatoms. The van der Waals surface area contributed by atoms with Gasteiger partial charge in [-0.25, -0.2) is 0 Å². The molecule has 2 unspecified atom stereocenters. The number of piperidine rings is 1. The number of benzene rings is 2. The highest BCUT2D eigenvalue weighted by molar-refractivity contribution is 5.29. The molecule has 2 nitrogen and oxygen atoms in total. The van der Waals surface area contributed by atoms with Crippen LogP contribution in [0.5, 0.6) is 0 Å². The average molecular weight is 451 g/mol. The van der Waals surface area contributed by atoms with E-state index in [0.29, 0.717) is 6.04 Å². The molecule has 1 aliphatic heterocycles. The van der Waals surface area contributed by atoms with E-state index in [0.717, 1.165) is 11.1 Å². The number of halogens is 1. The summed E-state index contributed by atoms with van der Waals surface area (Å²) in [6, 6.07) is 21.8. The molecule has 0 radical (unpaired) electrons. The zero-order valence-corrected chi connectivity index (χ0v) is 17.6. The van der Waals surface area contributed by atoms with E-state index in [2.05, 4.69) is 74.6 Å². The molecule has 1 heterocycles. The first-order valence-corrected chi connectivity index (χ1v) is 9.28. The van der Waals surface area contributed by atoms with Crippen LogP contribution in [0.1, 0.15) is 43.4 Å². The van der Waals surface area contributed by atoms with Crippen molar-refractivity contribution in [3.63, 3.8) is 0 Å². The van der Waals surface area contributed by atoms with E-state index in [1.165, 1.54) is 43.5 Å². The van der Waals surface area contributed by atoms with Gasteiger partial charge in [-0.3, -0.25) is 0 Å². The highest BCUT2D eigenvalue weighted by atomic mass is 127. The number of nitrogens with zero attached hydrogens (tertiary/aromatic N) is 1. The monoisotopic (exact) mass is 451 g/mol. The van der Waals surface area contributed by atoms with Crippen molar-refractivity contribution >= 4 is 0 Å². The predicted molar refractivity (Wildman–Crippen MR) is 99.9 cm³/mol. The third kappa shape index (κ3) is 5.05. The van der Waals surface area contributed by atoms with E-state index in [4.69, 9.17) is 4.74 Å². The summed E-state index contributed by atoms with van der Waals surface area (Å²) in [5.41, 5.74) is 2.48. The van der Waals surface area contributed by atoms with Crippen molar-refractivity contribution in [3.05, 3.63) is 71.8 Å². The summed E-state index contributed by atoms with van der Waals surface area (Å²) in [7, 11) is 2.40. The van der Waals surface area contributed by atoms with E-state index < -0.39 is 0 Å². The molecule has 0 aliphatic carbocycles. The van der Waals surface area contributed by atoms with Crippen molar-refractivity contribution in [1.29, 1.82) is 0 Å². The second-order valence-corrected chi connectivity index (χ2v) is 7.20. The summed E-state index contributed by atoms with van der Waals surface area (Å²) in [4.78, 5) is 0. The Kier molecular flexibility index (Phi) is 7.91. The van der Waals surface area contributed by atoms with Gasteiger partial charge >= 0.3 is 0 Å². The fourth-order valence-electron chi connectivity index (χ4n) is 3.87. The first kappa shape index (κ1) is 20.4. The third-order valence-corrected chi connectivity index (χ3v) is 5.72. The fraction of sp³-hybridized carbons (Fsp3) is 0.455. The molecule has 0 aromatic heterocycles. The Hall–Kier alpha value is -0.910. The predicted octanol–water partition coefficient (Wildman–Crippen LogP) is 1.82. The molecule has 1 saturated heterocycles.